The van der Waals surface area contributed by atoms with Gasteiger partial charge in [0, 0.05) is 0 Å². The lowest BCUT2D eigenvalue weighted by Crippen LogP contribution is -2.29. The van der Waals surface area contributed by atoms with Gasteiger partial charge in [-0.1, -0.05) is 11.1 Å². The standard InChI is InChI=1S/C22H34N2O4S/c1-13(2)11-15-17(23-19(25)27-21(5,6)7)18(16(29-15)12-14(3)4)24-20(26)28-22(8,9)10/h11-12H,1-10H3,(H,23,25)(H,24,26). The Kier molecular flexibility index (Phi) is 8.09. The highest BCUT2D eigenvalue weighted by molar-refractivity contribution is 7.15. The van der Waals surface area contributed by atoms with Crippen molar-refractivity contribution >= 4 is 47.1 Å². The van der Waals surface area contributed by atoms with Crippen LogP contribution < -0.4 is 10.6 Å². The van der Waals surface area contributed by atoms with Crippen molar-refractivity contribution in [3.63, 3.8) is 0 Å². The van der Waals surface area contributed by atoms with Crippen LogP contribution in [0.3, 0.4) is 0 Å². The molecule has 0 unspecified atom stereocenters. The first-order valence-electron chi connectivity index (χ1n) is 9.54. The Balaban J connectivity index is 3.47. The number of rotatable bonds is 4. The van der Waals surface area contributed by atoms with Crippen LogP contribution in [0.15, 0.2) is 11.1 Å². The summed E-state index contributed by atoms with van der Waals surface area (Å²) in [5.74, 6) is 0. The highest BCUT2D eigenvalue weighted by Crippen LogP contribution is 2.41. The van der Waals surface area contributed by atoms with E-state index in [1.165, 1.54) is 11.3 Å². The average molecular weight is 423 g/mol. The lowest BCUT2D eigenvalue weighted by molar-refractivity contribution is 0.0621. The first-order valence-corrected chi connectivity index (χ1v) is 10.4. The zero-order valence-corrected chi connectivity index (χ0v) is 20.0. The molecule has 0 spiro atoms. The van der Waals surface area contributed by atoms with Gasteiger partial charge in [0.15, 0.2) is 0 Å². The van der Waals surface area contributed by atoms with E-state index in [-0.39, 0.29) is 0 Å². The van der Waals surface area contributed by atoms with E-state index in [2.05, 4.69) is 10.6 Å². The fourth-order valence-electron chi connectivity index (χ4n) is 2.25. The van der Waals surface area contributed by atoms with Gasteiger partial charge in [0.05, 0.1) is 21.1 Å². The van der Waals surface area contributed by atoms with Crippen molar-refractivity contribution in [2.45, 2.75) is 80.4 Å². The zero-order chi connectivity index (χ0) is 22.6. The number of carbonyl (C=O) groups is 2. The lowest BCUT2D eigenvalue weighted by atomic mass is 10.2. The maximum Gasteiger partial charge on any atom is 0.412 e. The molecular weight excluding hydrogens is 388 g/mol. The van der Waals surface area contributed by atoms with E-state index in [9.17, 15) is 9.59 Å². The van der Waals surface area contributed by atoms with Crippen LogP contribution in [0.4, 0.5) is 21.0 Å². The number of anilines is 2. The number of hydrogen-bond acceptors (Lipinski definition) is 5. The van der Waals surface area contributed by atoms with Gasteiger partial charge >= 0.3 is 12.2 Å². The number of thiophene rings is 1. The van der Waals surface area contributed by atoms with Gasteiger partial charge < -0.3 is 9.47 Å². The predicted octanol–water partition coefficient (Wildman–Crippen LogP) is 7.29. The van der Waals surface area contributed by atoms with Gasteiger partial charge in [0.2, 0.25) is 0 Å². The summed E-state index contributed by atoms with van der Waals surface area (Å²) in [5.41, 5.74) is 1.82. The molecule has 0 atom stereocenters. The third-order valence-corrected chi connectivity index (χ3v) is 4.14. The molecule has 0 aliphatic rings. The van der Waals surface area contributed by atoms with Gasteiger partial charge in [0.1, 0.15) is 11.2 Å². The Bertz CT molecular complexity index is 747. The molecule has 2 amide bonds. The molecule has 0 bridgehead atoms. The van der Waals surface area contributed by atoms with E-state index < -0.39 is 23.4 Å². The topological polar surface area (TPSA) is 76.7 Å². The molecule has 0 aliphatic heterocycles. The fourth-order valence-corrected chi connectivity index (χ4v) is 3.59. The molecule has 7 heteroatoms. The summed E-state index contributed by atoms with van der Waals surface area (Å²) in [4.78, 5) is 26.5. The predicted molar refractivity (Wildman–Crippen MR) is 123 cm³/mol. The average Bonchev–Trinajstić information content (AvgIpc) is 2.71. The maximum absolute atomic E-state index is 12.5. The third kappa shape index (κ3) is 9.17. The number of nitrogens with one attached hydrogen (secondary N) is 2. The van der Waals surface area contributed by atoms with Crippen LogP contribution in [0.1, 0.15) is 79.0 Å². The zero-order valence-electron chi connectivity index (χ0n) is 19.2. The normalized spacial score (nSPS) is 11.4. The number of allylic oxidation sites excluding steroid dienone is 2. The van der Waals surface area contributed by atoms with Crippen LogP contribution in [0.25, 0.3) is 12.2 Å². The van der Waals surface area contributed by atoms with Crippen molar-refractivity contribution in [1.82, 2.24) is 0 Å². The van der Waals surface area contributed by atoms with Crippen LogP contribution in [0, 0.1) is 0 Å². The number of ether oxygens (including phenoxy) is 2. The second-order valence-corrected chi connectivity index (χ2v) is 10.4. The Morgan fingerprint density at radius 1 is 0.724 bits per heavy atom. The molecule has 2 N–H and O–H groups in total. The number of amides is 2. The minimum absolute atomic E-state index is 0.490. The van der Waals surface area contributed by atoms with Gasteiger partial charge in [-0.25, -0.2) is 9.59 Å². The van der Waals surface area contributed by atoms with Crippen molar-refractivity contribution in [2.24, 2.45) is 0 Å². The largest absolute Gasteiger partial charge is 0.444 e. The molecular formula is C22H34N2O4S. The van der Waals surface area contributed by atoms with E-state index in [1.807, 2.05) is 39.8 Å². The second kappa shape index (κ2) is 9.48. The van der Waals surface area contributed by atoms with Gasteiger partial charge in [-0.05, 0) is 81.4 Å². The summed E-state index contributed by atoms with van der Waals surface area (Å²) >= 11 is 1.47. The van der Waals surface area contributed by atoms with E-state index in [0.717, 1.165) is 20.9 Å². The summed E-state index contributed by atoms with van der Waals surface area (Å²) in [6, 6.07) is 0. The van der Waals surface area contributed by atoms with Gasteiger partial charge in [0.25, 0.3) is 0 Å². The molecule has 1 aromatic heterocycles. The Morgan fingerprint density at radius 3 is 1.28 bits per heavy atom. The minimum Gasteiger partial charge on any atom is -0.444 e. The van der Waals surface area contributed by atoms with E-state index in [4.69, 9.17) is 9.47 Å². The van der Waals surface area contributed by atoms with Crippen LogP contribution in [-0.4, -0.2) is 23.4 Å². The highest BCUT2D eigenvalue weighted by atomic mass is 32.1. The number of carbonyl (C=O) groups excluding carboxylic acids is 2. The van der Waals surface area contributed by atoms with Crippen molar-refractivity contribution in [2.75, 3.05) is 10.6 Å². The third-order valence-electron chi connectivity index (χ3n) is 3.05. The molecule has 6 nitrogen and oxygen atoms in total. The highest BCUT2D eigenvalue weighted by Gasteiger charge is 2.25. The monoisotopic (exact) mass is 422 g/mol. The van der Waals surface area contributed by atoms with Gasteiger partial charge in [-0.2, -0.15) is 0 Å². The smallest absolute Gasteiger partial charge is 0.412 e. The van der Waals surface area contributed by atoms with Gasteiger partial charge in [-0.3, -0.25) is 10.6 Å². The summed E-state index contributed by atoms with van der Waals surface area (Å²) < 4.78 is 10.8. The quantitative estimate of drug-likeness (QED) is 0.534. The van der Waals surface area contributed by atoms with E-state index in [1.54, 1.807) is 41.5 Å². The lowest BCUT2D eigenvalue weighted by Gasteiger charge is -2.21. The van der Waals surface area contributed by atoms with Crippen LogP contribution in [-0.2, 0) is 9.47 Å². The summed E-state index contributed by atoms with van der Waals surface area (Å²) in [7, 11) is 0. The molecule has 1 heterocycles. The molecule has 0 radical (unpaired) electrons. The Hall–Kier alpha value is -2.28. The fraction of sp³-hybridized carbons (Fsp3) is 0.545. The summed E-state index contributed by atoms with van der Waals surface area (Å²) in [6.45, 7) is 18.7. The summed E-state index contributed by atoms with van der Waals surface area (Å²) in [6.07, 6.45) is 2.74. The molecule has 0 saturated heterocycles. The van der Waals surface area contributed by atoms with Crippen molar-refractivity contribution in [3.8, 4) is 0 Å². The molecule has 0 aliphatic carbocycles. The first kappa shape index (κ1) is 24.8. The van der Waals surface area contributed by atoms with Crippen LogP contribution >= 0.6 is 11.3 Å². The Labute approximate surface area is 178 Å². The van der Waals surface area contributed by atoms with Gasteiger partial charge in [-0.15, -0.1) is 11.3 Å². The van der Waals surface area contributed by atoms with E-state index >= 15 is 0 Å². The second-order valence-electron chi connectivity index (χ2n) is 9.28. The Morgan fingerprint density at radius 2 is 1.03 bits per heavy atom. The molecule has 1 aromatic rings. The van der Waals surface area contributed by atoms with Crippen molar-refractivity contribution in [1.29, 1.82) is 0 Å². The van der Waals surface area contributed by atoms with Crippen LogP contribution in [0.5, 0.6) is 0 Å². The van der Waals surface area contributed by atoms with Crippen molar-refractivity contribution < 1.29 is 19.1 Å². The maximum atomic E-state index is 12.5. The molecule has 29 heavy (non-hydrogen) atoms. The minimum atomic E-state index is -0.641. The number of hydrogen-bond donors (Lipinski definition) is 2. The summed E-state index contributed by atoms with van der Waals surface area (Å²) in [5, 5.41) is 5.62. The molecule has 1 rings (SSSR count). The first-order chi connectivity index (χ1) is 13.1. The van der Waals surface area contributed by atoms with Crippen molar-refractivity contribution in [3.05, 3.63) is 20.9 Å². The molecule has 162 valence electrons. The molecule has 0 aromatic carbocycles. The van der Waals surface area contributed by atoms with E-state index in [0.29, 0.717) is 11.4 Å². The SMILES string of the molecule is CC(C)=Cc1sc(C=C(C)C)c(NC(=O)OC(C)(C)C)c1NC(=O)OC(C)(C)C. The van der Waals surface area contributed by atoms with Crippen LogP contribution in [0.2, 0.25) is 0 Å². The molecule has 0 saturated carbocycles. The molecule has 0 fully saturated rings.